The van der Waals surface area contributed by atoms with Crippen LogP contribution in [-0.2, 0) is 19.4 Å². The van der Waals surface area contributed by atoms with Gasteiger partial charge in [0.05, 0.1) is 4.88 Å². The number of rotatable bonds is 4. The van der Waals surface area contributed by atoms with E-state index in [-0.39, 0.29) is 0 Å². The first kappa shape index (κ1) is 11.4. The Hall–Kier alpha value is -1.68. The Morgan fingerprint density at radius 2 is 2.22 bits per heavy atom. The molecule has 3 rings (SSSR count). The summed E-state index contributed by atoms with van der Waals surface area (Å²) in [5.41, 5.74) is 2.85. The topological polar surface area (TPSA) is 39.2 Å². The van der Waals surface area contributed by atoms with Crippen LogP contribution >= 0.6 is 11.3 Å². The van der Waals surface area contributed by atoms with E-state index < -0.39 is 0 Å². The van der Waals surface area contributed by atoms with E-state index in [0.717, 1.165) is 23.5 Å². The highest BCUT2D eigenvalue weighted by molar-refractivity contribution is 7.13. The lowest BCUT2D eigenvalue weighted by Gasteiger charge is -2.06. The summed E-state index contributed by atoms with van der Waals surface area (Å²) in [7, 11) is 0. The van der Waals surface area contributed by atoms with Crippen molar-refractivity contribution in [1.29, 1.82) is 0 Å². The zero-order chi connectivity index (χ0) is 12.4. The average molecular weight is 259 g/mol. The summed E-state index contributed by atoms with van der Waals surface area (Å²) in [5, 5.41) is 0.831. The molecular formula is C14H13NO2S. The molecule has 92 valence electrons. The van der Waals surface area contributed by atoms with Crippen LogP contribution in [0.25, 0.3) is 0 Å². The number of ether oxygens (including phenoxy) is 1. The van der Waals surface area contributed by atoms with E-state index in [9.17, 15) is 4.79 Å². The molecule has 0 unspecified atom stereocenters. The standard InChI is InChI=1S/C14H13NO2S/c16-8-13-7-15-14(18-13)9-17-12-5-4-10-2-1-3-11(10)6-12/h4-8H,1-3,9H2. The van der Waals surface area contributed by atoms with E-state index in [1.54, 1.807) is 6.20 Å². The van der Waals surface area contributed by atoms with Crippen molar-refractivity contribution in [1.82, 2.24) is 4.98 Å². The third kappa shape index (κ3) is 2.29. The Bertz CT molecular complexity index is 577. The van der Waals surface area contributed by atoms with Crippen molar-refractivity contribution in [2.45, 2.75) is 25.9 Å². The van der Waals surface area contributed by atoms with Gasteiger partial charge in [-0.3, -0.25) is 4.79 Å². The fourth-order valence-corrected chi connectivity index (χ4v) is 2.88. The molecule has 4 heteroatoms. The van der Waals surface area contributed by atoms with Crippen LogP contribution in [0.5, 0.6) is 5.75 Å². The molecule has 18 heavy (non-hydrogen) atoms. The highest BCUT2D eigenvalue weighted by Gasteiger charge is 2.11. The lowest BCUT2D eigenvalue weighted by molar-refractivity contribution is 0.112. The largest absolute Gasteiger partial charge is 0.486 e. The second-order valence-corrected chi connectivity index (χ2v) is 5.49. The molecule has 3 nitrogen and oxygen atoms in total. The fraction of sp³-hybridized carbons (Fsp3) is 0.286. The van der Waals surface area contributed by atoms with Crippen molar-refractivity contribution in [3.05, 3.63) is 45.4 Å². The average Bonchev–Trinajstić information content (AvgIpc) is 3.04. The van der Waals surface area contributed by atoms with Gasteiger partial charge in [-0.15, -0.1) is 11.3 Å². The Balaban J connectivity index is 1.68. The number of aryl methyl sites for hydroxylation is 2. The van der Waals surface area contributed by atoms with E-state index in [2.05, 4.69) is 17.1 Å². The van der Waals surface area contributed by atoms with Crippen LogP contribution in [0, 0.1) is 0 Å². The van der Waals surface area contributed by atoms with Gasteiger partial charge < -0.3 is 4.74 Å². The molecule has 2 aromatic rings. The third-order valence-electron chi connectivity index (χ3n) is 3.12. The van der Waals surface area contributed by atoms with Gasteiger partial charge in [0.2, 0.25) is 0 Å². The van der Waals surface area contributed by atoms with Gasteiger partial charge >= 0.3 is 0 Å². The molecular weight excluding hydrogens is 246 g/mol. The molecule has 0 saturated carbocycles. The summed E-state index contributed by atoms with van der Waals surface area (Å²) in [6.07, 6.45) is 5.98. The van der Waals surface area contributed by atoms with Gasteiger partial charge in [-0.25, -0.2) is 4.98 Å². The van der Waals surface area contributed by atoms with Crippen molar-refractivity contribution >= 4 is 17.6 Å². The number of nitrogens with zero attached hydrogens (tertiary/aromatic N) is 1. The normalized spacial score (nSPS) is 13.3. The number of hydrogen-bond acceptors (Lipinski definition) is 4. The predicted molar refractivity (Wildman–Crippen MR) is 70.3 cm³/mol. The van der Waals surface area contributed by atoms with Gasteiger partial charge in [0.1, 0.15) is 17.4 Å². The van der Waals surface area contributed by atoms with Crippen LogP contribution in [0.3, 0.4) is 0 Å². The fourth-order valence-electron chi connectivity index (χ4n) is 2.23. The van der Waals surface area contributed by atoms with E-state index in [1.807, 2.05) is 6.07 Å². The molecule has 0 fully saturated rings. The first-order valence-electron chi connectivity index (χ1n) is 5.99. The Labute approximate surface area is 109 Å². The van der Waals surface area contributed by atoms with E-state index in [0.29, 0.717) is 11.5 Å². The number of aldehydes is 1. The van der Waals surface area contributed by atoms with E-state index in [4.69, 9.17) is 4.74 Å². The first-order chi connectivity index (χ1) is 8.85. The van der Waals surface area contributed by atoms with Crippen LogP contribution in [0.15, 0.2) is 24.4 Å². The number of carbonyl (C=O) groups is 1. The maximum absolute atomic E-state index is 10.6. The Kier molecular flexibility index (Phi) is 3.11. The summed E-state index contributed by atoms with van der Waals surface area (Å²) in [6.45, 7) is 0.428. The number of thiazole rings is 1. The lowest BCUT2D eigenvalue weighted by Crippen LogP contribution is -1.95. The SMILES string of the molecule is O=Cc1cnc(COc2ccc3c(c2)CCC3)s1. The smallest absolute Gasteiger partial charge is 0.161 e. The summed E-state index contributed by atoms with van der Waals surface area (Å²) >= 11 is 1.37. The molecule has 0 bridgehead atoms. The molecule has 0 radical (unpaired) electrons. The number of hydrogen-bond donors (Lipinski definition) is 0. The summed E-state index contributed by atoms with van der Waals surface area (Å²) in [6, 6.07) is 6.28. The number of carbonyl (C=O) groups excluding carboxylic acids is 1. The molecule has 1 aliphatic rings. The highest BCUT2D eigenvalue weighted by atomic mass is 32.1. The molecule has 1 aromatic carbocycles. The summed E-state index contributed by atoms with van der Waals surface area (Å²) in [4.78, 5) is 15.3. The lowest BCUT2D eigenvalue weighted by atomic mass is 10.1. The van der Waals surface area contributed by atoms with Crippen molar-refractivity contribution < 1.29 is 9.53 Å². The van der Waals surface area contributed by atoms with E-state index >= 15 is 0 Å². The highest BCUT2D eigenvalue weighted by Crippen LogP contribution is 2.26. The maximum Gasteiger partial charge on any atom is 0.161 e. The molecule has 0 aliphatic heterocycles. The second-order valence-electron chi connectivity index (χ2n) is 4.35. The first-order valence-corrected chi connectivity index (χ1v) is 6.81. The number of aromatic nitrogens is 1. The van der Waals surface area contributed by atoms with E-state index in [1.165, 1.54) is 35.3 Å². The van der Waals surface area contributed by atoms with Gasteiger partial charge in [0.15, 0.2) is 6.29 Å². The zero-order valence-corrected chi connectivity index (χ0v) is 10.7. The monoisotopic (exact) mass is 259 g/mol. The van der Waals surface area contributed by atoms with Gasteiger partial charge in [0.25, 0.3) is 0 Å². The maximum atomic E-state index is 10.6. The van der Waals surface area contributed by atoms with Crippen molar-refractivity contribution in [2.24, 2.45) is 0 Å². The minimum atomic E-state index is 0.428. The van der Waals surface area contributed by atoms with Gasteiger partial charge in [-0.2, -0.15) is 0 Å². The molecule has 1 aliphatic carbocycles. The number of benzene rings is 1. The molecule has 0 N–H and O–H groups in total. The van der Waals surface area contributed by atoms with Crippen LogP contribution < -0.4 is 4.74 Å². The van der Waals surface area contributed by atoms with Gasteiger partial charge in [-0.05, 0) is 42.5 Å². The summed E-state index contributed by atoms with van der Waals surface area (Å²) in [5.74, 6) is 0.888. The zero-order valence-electron chi connectivity index (χ0n) is 9.89. The molecule has 0 saturated heterocycles. The minimum Gasteiger partial charge on any atom is -0.486 e. The molecule has 0 atom stereocenters. The van der Waals surface area contributed by atoms with Gasteiger partial charge in [0, 0.05) is 6.20 Å². The molecule has 0 amide bonds. The third-order valence-corrected chi connectivity index (χ3v) is 4.02. The van der Waals surface area contributed by atoms with Crippen molar-refractivity contribution in [2.75, 3.05) is 0 Å². The minimum absolute atomic E-state index is 0.428. The molecule has 1 aromatic heterocycles. The van der Waals surface area contributed by atoms with Crippen LogP contribution in [-0.4, -0.2) is 11.3 Å². The number of fused-ring (bicyclic) bond motifs is 1. The van der Waals surface area contributed by atoms with Crippen LogP contribution in [0.4, 0.5) is 0 Å². The predicted octanol–water partition coefficient (Wildman–Crippen LogP) is 3.02. The van der Waals surface area contributed by atoms with Crippen LogP contribution in [0.2, 0.25) is 0 Å². The Morgan fingerprint density at radius 3 is 3.06 bits per heavy atom. The Morgan fingerprint density at radius 1 is 1.33 bits per heavy atom. The van der Waals surface area contributed by atoms with Gasteiger partial charge in [-0.1, -0.05) is 6.07 Å². The second kappa shape index (κ2) is 4.90. The van der Waals surface area contributed by atoms with Crippen molar-refractivity contribution in [3.8, 4) is 5.75 Å². The molecule has 0 spiro atoms. The molecule has 1 heterocycles. The van der Waals surface area contributed by atoms with Crippen LogP contribution in [0.1, 0.15) is 32.2 Å². The van der Waals surface area contributed by atoms with Crippen molar-refractivity contribution in [3.63, 3.8) is 0 Å². The quantitative estimate of drug-likeness (QED) is 0.792. The summed E-state index contributed by atoms with van der Waals surface area (Å²) < 4.78 is 5.71.